The van der Waals surface area contributed by atoms with Crippen molar-refractivity contribution in [2.24, 2.45) is 5.41 Å². The molecule has 0 bridgehead atoms. The molecule has 0 aromatic carbocycles. The monoisotopic (exact) mass is 248 g/mol. The summed E-state index contributed by atoms with van der Waals surface area (Å²) in [4.78, 5) is 0. The Hall–Kier alpha value is -1.37. The number of hydrogen-bond donors (Lipinski definition) is 0. The van der Waals surface area contributed by atoms with Crippen LogP contribution in [0.5, 0.6) is 0 Å². The van der Waals surface area contributed by atoms with E-state index in [-0.39, 0.29) is 5.41 Å². The number of nitrogens with zero attached hydrogens (tertiary/aromatic N) is 4. The van der Waals surface area contributed by atoms with Gasteiger partial charge in [0.1, 0.15) is 11.8 Å². The molecule has 0 N–H and O–H groups in total. The van der Waals surface area contributed by atoms with Gasteiger partial charge in [-0.1, -0.05) is 52.2 Å². The molecule has 0 aliphatic rings. The van der Waals surface area contributed by atoms with E-state index >= 15 is 0 Å². The van der Waals surface area contributed by atoms with Gasteiger partial charge in [-0.2, -0.15) is 5.26 Å². The van der Waals surface area contributed by atoms with Crippen LogP contribution in [0.2, 0.25) is 0 Å². The largest absolute Gasteiger partial charge is 0.234 e. The van der Waals surface area contributed by atoms with Gasteiger partial charge in [-0.25, -0.2) is 4.68 Å². The fourth-order valence-electron chi connectivity index (χ4n) is 1.94. The molecule has 1 heterocycles. The molecule has 0 saturated heterocycles. The van der Waals surface area contributed by atoms with Crippen LogP contribution < -0.4 is 0 Å². The minimum absolute atomic E-state index is 0.134. The van der Waals surface area contributed by atoms with Crippen LogP contribution in [0.1, 0.15) is 64.8 Å². The molecule has 1 aromatic heterocycles. The summed E-state index contributed by atoms with van der Waals surface area (Å²) in [5, 5.41) is 17.5. The summed E-state index contributed by atoms with van der Waals surface area (Å²) in [6.07, 6.45) is 5.52. The minimum atomic E-state index is 0.134. The summed E-state index contributed by atoms with van der Waals surface area (Å²) in [6.45, 7) is 9.44. The molecule has 4 nitrogen and oxygen atoms in total. The van der Waals surface area contributed by atoms with Gasteiger partial charge >= 0.3 is 0 Å². The van der Waals surface area contributed by atoms with Crippen LogP contribution >= 0.6 is 0 Å². The first-order valence-electron chi connectivity index (χ1n) is 6.80. The Labute approximate surface area is 110 Å². The van der Waals surface area contributed by atoms with Crippen LogP contribution in [0.4, 0.5) is 0 Å². The molecule has 0 amide bonds. The normalized spacial score (nSPS) is 11.5. The van der Waals surface area contributed by atoms with Crippen LogP contribution in [0, 0.1) is 16.7 Å². The molecular formula is C14H24N4. The average Bonchev–Trinajstić information content (AvgIpc) is 2.64. The smallest absolute Gasteiger partial charge is 0.161 e. The summed E-state index contributed by atoms with van der Waals surface area (Å²) >= 11 is 0. The lowest BCUT2D eigenvalue weighted by atomic mass is 9.90. The number of aromatic nitrogens is 3. The molecule has 0 fully saturated rings. The Morgan fingerprint density at radius 2 is 1.94 bits per heavy atom. The number of hydrogen-bond acceptors (Lipinski definition) is 3. The van der Waals surface area contributed by atoms with E-state index in [1.807, 2.05) is 0 Å². The Balaban J connectivity index is 2.67. The predicted molar refractivity (Wildman–Crippen MR) is 72.0 cm³/mol. The number of rotatable bonds is 6. The minimum Gasteiger partial charge on any atom is -0.234 e. The molecule has 0 atom stereocenters. The Morgan fingerprint density at radius 3 is 2.50 bits per heavy atom. The lowest BCUT2D eigenvalue weighted by Crippen LogP contribution is -2.11. The van der Waals surface area contributed by atoms with Crippen LogP contribution in [0.15, 0.2) is 0 Å². The van der Waals surface area contributed by atoms with Crippen molar-refractivity contribution in [1.82, 2.24) is 15.0 Å². The first-order valence-corrected chi connectivity index (χ1v) is 6.80. The highest BCUT2D eigenvalue weighted by atomic mass is 15.4. The maximum atomic E-state index is 9.24. The molecule has 0 unspecified atom stereocenters. The third kappa shape index (κ3) is 4.48. The van der Waals surface area contributed by atoms with Gasteiger partial charge in [0.25, 0.3) is 0 Å². The average molecular weight is 248 g/mol. The summed E-state index contributed by atoms with van der Waals surface area (Å²) in [5.74, 6) is 0. The van der Waals surface area contributed by atoms with Crippen molar-refractivity contribution in [3.8, 4) is 6.07 Å². The quantitative estimate of drug-likeness (QED) is 0.726. The molecular weight excluding hydrogens is 224 g/mol. The second kappa shape index (κ2) is 6.53. The zero-order valence-electron chi connectivity index (χ0n) is 12.0. The van der Waals surface area contributed by atoms with Crippen molar-refractivity contribution >= 4 is 0 Å². The van der Waals surface area contributed by atoms with E-state index < -0.39 is 0 Å². The van der Waals surface area contributed by atoms with Gasteiger partial charge in [-0.3, -0.25) is 0 Å². The van der Waals surface area contributed by atoms with Crippen LogP contribution in [0.3, 0.4) is 0 Å². The van der Waals surface area contributed by atoms with Crippen molar-refractivity contribution in [3.63, 3.8) is 0 Å². The lowest BCUT2D eigenvalue weighted by molar-refractivity contribution is 0.405. The topological polar surface area (TPSA) is 54.5 Å². The van der Waals surface area contributed by atoms with Crippen molar-refractivity contribution < 1.29 is 0 Å². The lowest BCUT2D eigenvalue weighted by Gasteiger charge is -2.15. The van der Waals surface area contributed by atoms with Crippen LogP contribution in [-0.2, 0) is 13.0 Å². The highest BCUT2D eigenvalue weighted by molar-refractivity contribution is 5.25. The zero-order valence-corrected chi connectivity index (χ0v) is 12.0. The SMILES string of the molecule is CCCCCCn1nnc(CC(C)(C)C)c1C#N. The van der Waals surface area contributed by atoms with Crippen LogP contribution in [-0.4, -0.2) is 15.0 Å². The third-order valence-electron chi connectivity index (χ3n) is 2.83. The molecule has 1 aromatic rings. The standard InChI is InChI=1S/C14H24N4/c1-5-6-7-8-9-18-13(11-15)12(16-17-18)10-14(2,3)4/h5-10H2,1-4H3. The van der Waals surface area contributed by atoms with Gasteiger partial charge in [0.05, 0.1) is 0 Å². The van der Waals surface area contributed by atoms with E-state index in [2.05, 4.69) is 44.1 Å². The van der Waals surface area contributed by atoms with E-state index in [0.29, 0.717) is 5.69 Å². The summed E-state index contributed by atoms with van der Waals surface area (Å²) < 4.78 is 1.76. The number of nitriles is 1. The highest BCUT2D eigenvalue weighted by Gasteiger charge is 2.19. The fourth-order valence-corrected chi connectivity index (χ4v) is 1.94. The molecule has 0 radical (unpaired) electrons. The molecule has 18 heavy (non-hydrogen) atoms. The predicted octanol–water partition coefficient (Wildman–Crippen LogP) is 3.32. The van der Waals surface area contributed by atoms with Gasteiger partial charge in [0, 0.05) is 6.54 Å². The van der Waals surface area contributed by atoms with E-state index in [0.717, 1.165) is 25.1 Å². The van der Waals surface area contributed by atoms with Gasteiger partial charge in [-0.15, -0.1) is 5.10 Å². The van der Waals surface area contributed by atoms with E-state index in [1.165, 1.54) is 19.3 Å². The van der Waals surface area contributed by atoms with E-state index in [4.69, 9.17) is 0 Å². The summed E-state index contributed by atoms with van der Waals surface area (Å²) in [5.41, 5.74) is 1.61. The third-order valence-corrected chi connectivity index (χ3v) is 2.83. The van der Waals surface area contributed by atoms with Crippen LogP contribution in [0.25, 0.3) is 0 Å². The maximum Gasteiger partial charge on any atom is 0.161 e. The molecule has 0 spiro atoms. The summed E-state index contributed by atoms with van der Waals surface area (Å²) in [6, 6.07) is 2.25. The summed E-state index contributed by atoms with van der Waals surface area (Å²) in [7, 11) is 0. The first-order chi connectivity index (χ1) is 8.48. The van der Waals surface area contributed by atoms with Crippen molar-refractivity contribution in [2.75, 3.05) is 0 Å². The van der Waals surface area contributed by atoms with E-state index in [9.17, 15) is 5.26 Å². The molecule has 0 saturated carbocycles. The highest BCUT2D eigenvalue weighted by Crippen LogP contribution is 2.21. The molecule has 1 rings (SSSR count). The first kappa shape index (κ1) is 14.7. The fraction of sp³-hybridized carbons (Fsp3) is 0.786. The van der Waals surface area contributed by atoms with Crippen molar-refractivity contribution in [1.29, 1.82) is 5.26 Å². The zero-order chi connectivity index (χ0) is 13.6. The second-order valence-electron chi connectivity index (χ2n) is 6.02. The van der Waals surface area contributed by atoms with Gasteiger partial charge < -0.3 is 0 Å². The molecule has 100 valence electrons. The maximum absolute atomic E-state index is 9.24. The Morgan fingerprint density at radius 1 is 1.22 bits per heavy atom. The van der Waals surface area contributed by atoms with Gasteiger partial charge in [-0.05, 0) is 18.3 Å². The van der Waals surface area contributed by atoms with Gasteiger partial charge in [0.2, 0.25) is 0 Å². The number of unbranched alkanes of at least 4 members (excludes halogenated alkanes) is 3. The van der Waals surface area contributed by atoms with Crippen molar-refractivity contribution in [3.05, 3.63) is 11.4 Å². The Bertz CT molecular complexity index is 406. The molecule has 4 heteroatoms. The number of aryl methyl sites for hydroxylation is 1. The molecule has 0 aliphatic heterocycles. The Kier molecular flexibility index (Phi) is 5.33. The van der Waals surface area contributed by atoms with Crippen molar-refractivity contribution in [2.45, 2.75) is 66.3 Å². The molecule has 0 aliphatic carbocycles. The van der Waals surface area contributed by atoms with Gasteiger partial charge in [0.15, 0.2) is 5.69 Å². The van der Waals surface area contributed by atoms with E-state index in [1.54, 1.807) is 4.68 Å². The second-order valence-corrected chi connectivity index (χ2v) is 6.02.